The number of nitrogens with one attached hydrogen (secondary N) is 2. The van der Waals surface area contributed by atoms with Crippen LogP contribution in [-0.4, -0.2) is 42.8 Å². The van der Waals surface area contributed by atoms with Gasteiger partial charge in [-0.15, -0.1) is 0 Å². The number of rotatable bonds is 11. The average Bonchev–Trinajstić information content (AvgIpc) is 2.52. The quantitative estimate of drug-likeness (QED) is 0.342. The van der Waals surface area contributed by atoms with E-state index in [-0.39, 0.29) is 30.7 Å². The van der Waals surface area contributed by atoms with Crippen LogP contribution >= 0.6 is 0 Å². The van der Waals surface area contributed by atoms with Gasteiger partial charge in [-0.25, -0.2) is 13.1 Å². The summed E-state index contributed by atoms with van der Waals surface area (Å²) in [6.07, 6.45) is 2.84. The molecule has 0 unspecified atom stereocenters. The molecule has 0 rings (SSSR count). The van der Waals surface area contributed by atoms with Crippen molar-refractivity contribution in [2.45, 2.75) is 64.1 Å². The standard InChI is InChI=1S/C16H24N4O3/c1-12(17-3)9-15(22)19-8-6-5-7-14(11-21)20-16(23)10-13(2)18-4/h11-14H,5-10H2,1-2H3,(H,19,22)(H,20,23)/t12-,13-,14+/m1/s1. The van der Waals surface area contributed by atoms with Crippen molar-refractivity contribution in [3.63, 3.8) is 0 Å². The van der Waals surface area contributed by atoms with E-state index < -0.39 is 12.1 Å². The molecule has 0 aromatic rings. The van der Waals surface area contributed by atoms with E-state index in [0.29, 0.717) is 32.1 Å². The summed E-state index contributed by atoms with van der Waals surface area (Å²) < 4.78 is 0. The summed E-state index contributed by atoms with van der Waals surface area (Å²) in [7, 11) is 0. The SMILES string of the molecule is [C-]#[N+][C@H](C)CC(=O)NCCCC[C@@H](C=O)NC(=O)C[C@@H](C)[N+]#[C-]. The Morgan fingerprint density at radius 3 is 2.13 bits per heavy atom. The molecule has 7 heteroatoms. The van der Waals surface area contributed by atoms with Gasteiger partial charge in [0.15, 0.2) is 0 Å². The van der Waals surface area contributed by atoms with Crippen molar-refractivity contribution in [3.8, 4) is 0 Å². The van der Waals surface area contributed by atoms with Crippen molar-refractivity contribution in [2.75, 3.05) is 6.54 Å². The maximum absolute atomic E-state index is 11.6. The molecule has 0 aromatic heterocycles. The predicted molar refractivity (Wildman–Crippen MR) is 86.2 cm³/mol. The molecule has 0 aliphatic rings. The fraction of sp³-hybridized carbons (Fsp3) is 0.688. The molecule has 0 fully saturated rings. The Kier molecular flexibility index (Phi) is 10.9. The normalized spacial score (nSPS) is 13.7. The van der Waals surface area contributed by atoms with E-state index in [9.17, 15) is 14.4 Å². The molecule has 7 nitrogen and oxygen atoms in total. The average molecular weight is 320 g/mol. The van der Waals surface area contributed by atoms with Gasteiger partial charge in [0.2, 0.25) is 23.9 Å². The number of aldehydes is 1. The minimum atomic E-state index is -0.557. The highest BCUT2D eigenvalue weighted by molar-refractivity contribution is 5.80. The summed E-state index contributed by atoms with van der Waals surface area (Å²) in [4.78, 5) is 40.5. The van der Waals surface area contributed by atoms with E-state index in [4.69, 9.17) is 13.1 Å². The first-order valence-electron chi connectivity index (χ1n) is 7.67. The van der Waals surface area contributed by atoms with Crippen molar-refractivity contribution in [3.05, 3.63) is 22.8 Å². The van der Waals surface area contributed by atoms with Gasteiger partial charge >= 0.3 is 0 Å². The lowest BCUT2D eigenvalue weighted by Crippen LogP contribution is -2.37. The highest BCUT2D eigenvalue weighted by Gasteiger charge is 2.16. The molecule has 0 aromatic carbocycles. The fourth-order valence-corrected chi connectivity index (χ4v) is 1.86. The number of nitrogens with zero attached hydrogens (tertiary/aromatic N) is 2. The summed E-state index contributed by atoms with van der Waals surface area (Å²) in [6.45, 7) is 17.4. The van der Waals surface area contributed by atoms with Crippen LogP contribution in [0.3, 0.4) is 0 Å². The fourth-order valence-electron chi connectivity index (χ4n) is 1.86. The Morgan fingerprint density at radius 2 is 1.61 bits per heavy atom. The van der Waals surface area contributed by atoms with Crippen molar-refractivity contribution >= 4 is 18.1 Å². The Hall–Kier alpha value is -2.41. The minimum absolute atomic E-state index is 0.0864. The summed E-state index contributed by atoms with van der Waals surface area (Å²) in [5.41, 5.74) is 0. The number of carbonyl (C=O) groups is 3. The van der Waals surface area contributed by atoms with Crippen LogP contribution in [0.5, 0.6) is 0 Å². The van der Waals surface area contributed by atoms with Crippen LogP contribution in [0.25, 0.3) is 9.69 Å². The van der Waals surface area contributed by atoms with Crippen molar-refractivity contribution in [2.24, 2.45) is 0 Å². The molecule has 0 aliphatic carbocycles. The molecule has 0 saturated carbocycles. The van der Waals surface area contributed by atoms with Gasteiger partial charge in [0.05, 0.1) is 6.04 Å². The van der Waals surface area contributed by atoms with E-state index in [1.807, 2.05) is 0 Å². The van der Waals surface area contributed by atoms with Crippen LogP contribution in [0.1, 0.15) is 46.0 Å². The van der Waals surface area contributed by atoms with Gasteiger partial charge in [-0.2, -0.15) is 0 Å². The second-order valence-corrected chi connectivity index (χ2v) is 5.52. The molecule has 0 saturated heterocycles. The van der Waals surface area contributed by atoms with Crippen LogP contribution in [0.2, 0.25) is 0 Å². The summed E-state index contributed by atoms with van der Waals surface area (Å²) >= 11 is 0. The summed E-state index contributed by atoms with van der Waals surface area (Å²) in [6, 6.07) is -1.27. The number of hydrogen-bond donors (Lipinski definition) is 2. The van der Waals surface area contributed by atoms with Gasteiger partial charge in [-0.1, -0.05) is 0 Å². The van der Waals surface area contributed by atoms with E-state index in [0.717, 1.165) is 0 Å². The van der Waals surface area contributed by atoms with Crippen molar-refractivity contribution in [1.82, 2.24) is 10.6 Å². The number of unbranched alkanes of at least 4 members (excludes halogenated alkanes) is 1. The Labute approximate surface area is 137 Å². The molecular formula is C16H24N4O3. The van der Waals surface area contributed by atoms with E-state index in [1.54, 1.807) is 13.8 Å². The Morgan fingerprint density at radius 1 is 1.04 bits per heavy atom. The largest absolute Gasteiger partial charge is 0.356 e. The summed E-state index contributed by atoms with van der Waals surface area (Å²) in [5, 5.41) is 5.32. The first-order valence-corrected chi connectivity index (χ1v) is 7.67. The molecule has 2 amide bonds. The first kappa shape index (κ1) is 20.6. The Balaban J connectivity index is 3.86. The van der Waals surface area contributed by atoms with Crippen LogP contribution in [0.15, 0.2) is 0 Å². The predicted octanol–water partition coefficient (Wildman–Crippen LogP) is 1.35. The van der Waals surface area contributed by atoms with Gasteiger partial charge < -0.3 is 25.1 Å². The third kappa shape index (κ3) is 10.9. The zero-order valence-corrected chi connectivity index (χ0v) is 13.7. The molecule has 0 bridgehead atoms. The van der Waals surface area contributed by atoms with Gasteiger partial charge in [-0.3, -0.25) is 9.59 Å². The topological polar surface area (TPSA) is 84.0 Å². The summed E-state index contributed by atoms with van der Waals surface area (Å²) in [5.74, 6) is -0.450. The molecule has 3 atom stereocenters. The van der Waals surface area contributed by atoms with Crippen molar-refractivity contribution in [1.29, 1.82) is 0 Å². The second-order valence-electron chi connectivity index (χ2n) is 5.52. The molecule has 0 radical (unpaired) electrons. The molecular weight excluding hydrogens is 296 g/mol. The lowest BCUT2D eigenvalue weighted by atomic mass is 10.1. The number of hydrogen-bond acceptors (Lipinski definition) is 3. The van der Waals surface area contributed by atoms with Crippen LogP contribution < -0.4 is 10.6 Å². The Bertz CT molecular complexity index is 479. The molecule has 126 valence electrons. The zero-order chi connectivity index (χ0) is 17.7. The number of amides is 2. The van der Waals surface area contributed by atoms with E-state index >= 15 is 0 Å². The lowest BCUT2D eigenvalue weighted by Gasteiger charge is -2.12. The zero-order valence-electron chi connectivity index (χ0n) is 13.7. The van der Waals surface area contributed by atoms with E-state index in [1.165, 1.54) is 0 Å². The third-order valence-corrected chi connectivity index (χ3v) is 3.18. The van der Waals surface area contributed by atoms with Gasteiger partial charge in [-0.05, 0) is 19.3 Å². The third-order valence-electron chi connectivity index (χ3n) is 3.18. The van der Waals surface area contributed by atoms with Gasteiger partial charge in [0.25, 0.3) is 0 Å². The highest BCUT2D eigenvalue weighted by Crippen LogP contribution is 2.02. The molecule has 2 N–H and O–H groups in total. The van der Waals surface area contributed by atoms with Crippen molar-refractivity contribution < 1.29 is 14.4 Å². The monoisotopic (exact) mass is 320 g/mol. The van der Waals surface area contributed by atoms with E-state index in [2.05, 4.69) is 20.3 Å². The maximum Gasteiger partial charge on any atom is 0.229 e. The molecule has 0 aliphatic heterocycles. The van der Waals surface area contributed by atoms with Crippen LogP contribution in [0, 0.1) is 13.1 Å². The van der Waals surface area contributed by atoms with Gasteiger partial charge in [0, 0.05) is 20.4 Å². The van der Waals surface area contributed by atoms with Crippen LogP contribution in [0.4, 0.5) is 0 Å². The first-order chi connectivity index (χ1) is 10.9. The maximum atomic E-state index is 11.6. The van der Waals surface area contributed by atoms with Gasteiger partial charge in [0.1, 0.15) is 19.1 Å². The smallest absolute Gasteiger partial charge is 0.229 e. The minimum Gasteiger partial charge on any atom is -0.356 e. The van der Waals surface area contributed by atoms with Crippen LogP contribution in [-0.2, 0) is 14.4 Å². The second kappa shape index (κ2) is 12.2. The molecule has 23 heavy (non-hydrogen) atoms. The molecule has 0 spiro atoms. The molecule has 0 heterocycles. The lowest BCUT2D eigenvalue weighted by molar-refractivity contribution is -0.124. The highest BCUT2D eigenvalue weighted by atomic mass is 16.2. The number of carbonyl (C=O) groups excluding carboxylic acids is 3.